The lowest BCUT2D eigenvalue weighted by Gasteiger charge is -2.58. The summed E-state index contributed by atoms with van der Waals surface area (Å²) in [7, 11) is 0. The molecule has 200 valence electrons. The molecule has 0 aromatic carbocycles. The third-order valence-electron chi connectivity index (χ3n) is 11.4. The highest BCUT2D eigenvalue weighted by Gasteiger charge is 2.59. The quantitative estimate of drug-likeness (QED) is 0.171. The molecule has 4 aliphatic rings. The van der Waals surface area contributed by atoms with Crippen LogP contribution in [0.2, 0.25) is 0 Å². The Morgan fingerprint density at radius 3 is 2.46 bits per heavy atom. The highest BCUT2D eigenvalue weighted by atomic mass is 79.9. The van der Waals surface area contributed by atoms with E-state index in [2.05, 4.69) is 70.5 Å². The predicted molar refractivity (Wildman–Crippen MR) is 150 cm³/mol. The van der Waals surface area contributed by atoms with Gasteiger partial charge in [-0.1, -0.05) is 95.3 Å². The fraction of sp³-hybridized carbons (Fsp3) is 0.906. The van der Waals surface area contributed by atoms with Crippen molar-refractivity contribution in [3.05, 3.63) is 11.6 Å². The maximum atomic E-state index is 12.6. The van der Waals surface area contributed by atoms with Gasteiger partial charge in [-0.2, -0.15) is 0 Å². The van der Waals surface area contributed by atoms with Crippen LogP contribution in [0.3, 0.4) is 0 Å². The first-order chi connectivity index (χ1) is 16.5. The van der Waals surface area contributed by atoms with Crippen molar-refractivity contribution in [2.45, 2.75) is 130 Å². The number of halogens is 1. The van der Waals surface area contributed by atoms with Crippen molar-refractivity contribution in [1.29, 1.82) is 0 Å². The number of rotatable bonds is 8. The van der Waals surface area contributed by atoms with Gasteiger partial charge in [0.15, 0.2) is 0 Å². The van der Waals surface area contributed by atoms with E-state index in [4.69, 9.17) is 4.74 Å². The molecular weight excluding hydrogens is 496 g/mol. The van der Waals surface area contributed by atoms with Crippen LogP contribution in [0.25, 0.3) is 0 Å². The number of esters is 1. The summed E-state index contributed by atoms with van der Waals surface area (Å²) in [5.74, 6) is 5.42. The molecule has 0 unspecified atom stereocenters. The summed E-state index contributed by atoms with van der Waals surface area (Å²) in [6, 6.07) is 0. The van der Waals surface area contributed by atoms with E-state index in [1.807, 2.05) is 0 Å². The zero-order chi connectivity index (χ0) is 25.5. The van der Waals surface area contributed by atoms with E-state index in [1.165, 1.54) is 57.8 Å². The van der Waals surface area contributed by atoms with Crippen LogP contribution in [0.1, 0.15) is 119 Å². The van der Waals surface area contributed by atoms with Crippen LogP contribution in [-0.2, 0) is 9.53 Å². The van der Waals surface area contributed by atoms with E-state index in [0.717, 1.165) is 48.3 Å². The third kappa shape index (κ3) is 5.33. The molecule has 0 spiro atoms. The van der Waals surface area contributed by atoms with E-state index in [1.54, 1.807) is 5.57 Å². The monoisotopic (exact) mass is 548 g/mol. The fourth-order valence-corrected chi connectivity index (χ4v) is 9.36. The highest BCUT2D eigenvalue weighted by molar-refractivity contribution is 9.10. The zero-order valence-electron chi connectivity index (χ0n) is 23.7. The summed E-state index contributed by atoms with van der Waals surface area (Å²) in [4.78, 5) is 12.4. The van der Waals surface area contributed by atoms with E-state index in [-0.39, 0.29) is 22.8 Å². The van der Waals surface area contributed by atoms with Gasteiger partial charge >= 0.3 is 5.97 Å². The Bertz CT molecular complexity index is 786. The van der Waals surface area contributed by atoms with Crippen molar-refractivity contribution in [3.63, 3.8) is 0 Å². The van der Waals surface area contributed by atoms with Crippen molar-refractivity contribution in [2.24, 2.45) is 52.3 Å². The van der Waals surface area contributed by atoms with Gasteiger partial charge in [0.25, 0.3) is 0 Å². The van der Waals surface area contributed by atoms with Gasteiger partial charge in [0.05, 0.1) is 0 Å². The molecule has 2 nitrogen and oxygen atoms in total. The molecule has 0 aliphatic heterocycles. The third-order valence-corrected chi connectivity index (χ3v) is 12.8. The number of carbonyl (C=O) groups excluding carboxylic acids is 1. The topological polar surface area (TPSA) is 26.3 Å². The Morgan fingerprint density at radius 1 is 1.03 bits per heavy atom. The lowest BCUT2D eigenvalue weighted by molar-refractivity contribution is -0.151. The molecule has 0 heterocycles. The van der Waals surface area contributed by atoms with Crippen LogP contribution < -0.4 is 0 Å². The van der Waals surface area contributed by atoms with Crippen molar-refractivity contribution in [1.82, 2.24) is 0 Å². The predicted octanol–water partition coefficient (Wildman–Crippen LogP) is 9.36. The molecule has 35 heavy (non-hydrogen) atoms. The summed E-state index contributed by atoms with van der Waals surface area (Å²) in [5, 5.41) is 0. The van der Waals surface area contributed by atoms with E-state index in [9.17, 15) is 4.79 Å². The minimum atomic E-state index is -0.195. The summed E-state index contributed by atoms with van der Waals surface area (Å²) in [6.07, 6.45) is 17.1. The van der Waals surface area contributed by atoms with Gasteiger partial charge in [-0.3, -0.25) is 4.79 Å². The molecule has 0 saturated heterocycles. The Labute approximate surface area is 224 Å². The van der Waals surface area contributed by atoms with Gasteiger partial charge in [-0.15, -0.1) is 0 Å². The van der Waals surface area contributed by atoms with Crippen LogP contribution in [0.5, 0.6) is 0 Å². The molecular formula is C32H53BrO2. The first kappa shape index (κ1) is 27.7. The van der Waals surface area contributed by atoms with E-state index in [0.29, 0.717) is 10.8 Å². The minimum Gasteiger partial charge on any atom is -0.461 e. The van der Waals surface area contributed by atoms with Gasteiger partial charge in [-0.25, -0.2) is 0 Å². The number of hydrogen-bond donors (Lipinski definition) is 0. The molecule has 4 aliphatic carbocycles. The SMILES string of the molecule is CC(C)CCC[C@@H](C)[C@H]1CC[C@@H]2[C@H]3CC=C4C[C@@H](OC(=O)[C@H](Br)C(C)C)CC[C@]4(C)[C@H]3CC[C@@]21C. The van der Waals surface area contributed by atoms with Crippen LogP contribution >= 0.6 is 15.9 Å². The van der Waals surface area contributed by atoms with Crippen molar-refractivity contribution in [3.8, 4) is 0 Å². The van der Waals surface area contributed by atoms with Crippen molar-refractivity contribution >= 4 is 21.9 Å². The molecule has 4 rings (SSSR count). The summed E-state index contributed by atoms with van der Waals surface area (Å²) >= 11 is 3.54. The Balaban J connectivity index is 1.43. The maximum Gasteiger partial charge on any atom is 0.320 e. The van der Waals surface area contributed by atoms with Gasteiger partial charge in [-0.05, 0) is 97.2 Å². The second kappa shape index (κ2) is 10.8. The van der Waals surface area contributed by atoms with Gasteiger partial charge in [0.2, 0.25) is 0 Å². The van der Waals surface area contributed by atoms with Crippen molar-refractivity contribution in [2.75, 3.05) is 0 Å². The molecule has 0 bridgehead atoms. The molecule has 9 atom stereocenters. The van der Waals surface area contributed by atoms with Gasteiger partial charge < -0.3 is 4.74 Å². The standard InChI is InChI=1S/C32H53BrO2/c1-20(2)9-8-10-22(5)26-13-14-27-25-12-11-23-19-24(35-30(34)29(33)21(3)4)15-17-31(23,6)28(25)16-18-32(26,27)7/h11,20-22,24-29H,8-10,12-19H2,1-7H3/t22-,24+,25-,26-,27-,28+,29-,31+,32-/m1/s1. The fourth-order valence-electron chi connectivity index (χ4n) is 9.25. The van der Waals surface area contributed by atoms with Gasteiger partial charge in [0.1, 0.15) is 10.9 Å². The highest BCUT2D eigenvalue weighted by Crippen LogP contribution is 2.67. The van der Waals surface area contributed by atoms with Crippen molar-refractivity contribution < 1.29 is 9.53 Å². The first-order valence-corrected chi connectivity index (χ1v) is 15.9. The number of hydrogen-bond acceptors (Lipinski definition) is 2. The lowest BCUT2D eigenvalue weighted by atomic mass is 9.47. The number of alkyl halides is 1. The number of ether oxygens (including phenoxy) is 1. The number of allylic oxidation sites excluding steroid dienone is 1. The maximum absolute atomic E-state index is 12.6. The van der Waals surface area contributed by atoms with Crippen LogP contribution in [0.4, 0.5) is 0 Å². The summed E-state index contributed by atoms with van der Waals surface area (Å²) in [6.45, 7) is 16.7. The average Bonchev–Trinajstić information content (AvgIpc) is 3.15. The van der Waals surface area contributed by atoms with Crippen LogP contribution in [0, 0.1) is 52.3 Å². The molecule has 3 fully saturated rings. The Hall–Kier alpha value is -0.310. The second-order valence-electron chi connectivity index (χ2n) is 14.2. The molecule has 0 N–H and O–H groups in total. The lowest BCUT2D eigenvalue weighted by Crippen LogP contribution is -2.51. The smallest absolute Gasteiger partial charge is 0.320 e. The van der Waals surface area contributed by atoms with E-state index >= 15 is 0 Å². The largest absolute Gasteiger partial charge is 0.461 e. The molecule has 0 radical (unpaired) electrons. The molecule has 3 saturated carbocycles. The van der Waals surface area contributed by atoms with Crippen LogP contribution in [0.15, 0.2) is 11.6 Å². The summed E-state index contributed by atoms with van der Waals surface area (Å²) < 4.78 is 5.99. The molecule has 0 amide bonds. The number of carbonyl (C=O) groups is 1. The van der Waals surface area contributed by atoms with E-state index < -0.39 is 0 Å². The molecule has 3 heteroatoms. The summed E-state index contributed by atoms with van der Waals surface area (Å²) in [5.41, 5.74) is 2.48. The first-order valence-electron chi connectivity index (χ1n) is 15.0. The molecule has 0 aromatic heterocycles. The Kier molecular flexibility index (Phi) is 8.57. The zero-order valence-corrected chi connectivity index (χ0v) is 25.3. The van der Waals surface area contributed by atoms with Gasteiger partial charge in [0, 0.05) is 6.42 Å². The minimum absolute atomic E-state index is 0.0635. The average molecular weight is 550 g/mol. The number of fused-ring (bicyclic) bond motifs is 5. The molecule has 0 aromatic rings. The second-order valence-corrected chi connectivity index (χ2v) is 15.2. The van der Waals surface area contributed by atoms with Crippen LogP contribution in [-0.4, -0.2) is 16.9 Å². The Morgan fingerprint density at radius 2 is 1.77 bits per heavy atom. The normalized spacial score (nSPS) is 40.5.